The zero-order chi connectivity index (χ0) is 13.8. The van der Waals surface area contributed by atoms with Crippen molar-refractivity contribution >= 4 is 5.82 Å². The van der Waals surface area contributed by atoms with Gasteiger partial charge < -0.3 is 10.6 Å². The van der Waals surface area contributed by atoms with Crippen molar-refractivity contribution in [1.82, 2.24) is 9.97 Å². The summed E-state index contributed by atoms with van der Waals surface area (Å²) in [5.74, 6) is 2.06. The van der Waals surface area contributed by atoms with Gasteiger partial charge in [-0.05, 0) is 31.2 Å². The van der Waals surface area contributed by atoms with Crippen LogP contribution >= 0.6 is 0 Å². The van der Waals surface area contributed by atoms with Gasteiger partial charge in [0.25, 0.3) is 0 Å². The average molecular weight is 262 g/mol. The standard InChI is InChI=1S/C15H26N4/c1-11(2)13-8-15(18-10-17-13)19(3)14-7-5-4-6-12(14)9-16/h8,10-12,14H,4-7,9,16H2,1-3H3. The third-order valence-corrected chi connectivity index (χ3v) is 4.30. The first-order chi connectivity index (χ1) is 9.13. The summed E-state index contributed by atoms with van der Waals surface area (Å²) in [6.45, 7) is 5.10. The molecule has 4 heteroatoms. The molecular weight excluding hydrogens is 236 g/mol. The molecule has 0 bridgehead atoms. The van der Waals surface area contributed by atoms with Gasteiger partial charge in [0.05, 0.1) is 0 Å². The topological polar surface area (TPSA) is 55.0 Å². The van der Waals surface area contributed by atoms with Crippen LogP contribution in [0.2, 0.25) is 0 Å². The van der Waals surface area contributed by atoms with Crippen molar-refractivity contribution in [3.63, 3.8) is 0 Å². The quantitative estimate of drug-likeness (QED) is 0.906. The number of nitrogens with two attached hydrogens (primary N) is 1. The predicted octanol–water partition coefficient (Wildman–Crippen LogP) is 2.55. The second kappa shape index (κ2) is 6.33. The van der Waals surface area contributed by atoms with Gasteiger partial charge >= 0.3 is 0 Å². The number of rotatable bonds is 4. The Hall–Kier alpha value is -1.16. The molecule has 0 amide bonds. The van der Waals surface area contributed by atoms with Gasteiger partial charge in [-0.1, -0.05) is 26.7 Å². The third kappa shape index (κ3) is 3.24. The summed E-state index contributed by atoms with van der Waals surface area (Å²) in [6.07, 6.45) is 6.76. The molecule has 0 spiro atoms. The van der Waals surface area contributed by atoms with E-state index < -0.39 is 0 Å². The van der Waals surface area contributed by atoms with Gasteiger partial charge in [0.1, 0.15) is 12.1 Å². The highest BCUT2D eigenvalue weighted by Crippen LogP contribution is 2.30. The molecular formula is C15H26N4. The van der Waals surface area contributed by atoms with Crippen molar-refractivity contribution in [3.05, 3.63) is 18.1 Å². The van der Waals surface area contributed by atoms with Crippen LogP contribution < -0.4 is 10.6 Å². The summed E-state index contributed by atoms with van der Waals surface area (Å²) in [6, 6.07) is 2.64. The summed E-state index contributed by atoms with van der Waals surface area (Å²) >= 11 is 0. The van der Waals surface area contributed by atoms with Crippen molar-refractivity contribution in [2.45, 2.75) is 51.5 Å². The van der Waals surface area contributed by atoms with Crippen LogP contribution in [0.1, 0.15) is 51.1 Å². The molecule has 106 valence electrons. The van der Waals surface area contributed by atoms with Crippen LogP contribution in [0.3, 0.4) is 0 Å². The van der Waals surface area contributed by atoms with Crippen LogP contribution in [0.25, 0.3) is 0 Å². The van der Waals surface area contributed by atoms with Crippen molar-refractivity contribution in [2.24, 2.45) is 11.7 Å². The molecule has 0 aliphatic heterocycles. The van der Waals surface area contributed by atoms with Crippen LogP contribution in [0.4, 0.5) is 5.82 Å². The Morgan fingerprint density at radius 3 is 2.74 bits per heavy atom. The largest absolute Gasteiger partial charge is 0.356 e. The highest BCUT2D eigenvalue weighted by Gasteiger charge is 2.28. The lowest BCUT2D eigenvalue weighted by atomic mass is 9.83. The Bertz CT molecular complexity index is 405. The van der Waals surface area contributed by atoms with Crippen LogP contribution in [0.5, 0.6) is 0 Å². The Kier molecular flexibility index (Phi) is 4.75. The first-order valence-electron chi connectivity index (χ1n) is 7.38. The number of hydrogen-bond acceptors (Lipinski definition) is 4. The molecule has 2 N–H and O–H groups in total. The molecule has 1 aliphatic carbocycles. The van der Waals surface area contributed by atoms with Gasteiger partial charge in [0, 0.05) is 24.8 Å². The molecule has 1 aromatic rings. The van der Waals surface area contributed by atoms with Crippen LogP contribution in [-0.2, 0) is 0 Å². The Labute approximate surface area is 116 Å². The molecule has 1 aliphatic rings. The lowest BCUT2D eigenvalue weighted by molar-refractivity contribution is 0.305. The minimum absolute atomic E-state index is 0.437. The maximum atomic E-state index is 5.93. The fourth-order valence-electron chi connectivity index (χ4n) is 3.01. The Balaban J connectivity index is 2.17. The van der Waals surface area contributed by atoms with Crippen molar-refractivity contribution in [2.75, 3.05) is 18.5 Å². The molecule has 4 nitrogen and oxygen atoms in total. The van der Waals surface area contributed by atoms with E-state index in [1.54, 1.807) is 6.33 Å². The summed E-state index contributed by atoms with van der Waals surface area (Å²) in [5.41, 5.74) is 7.04. The molecule has 1 fully saturated rings. The molecule has 1 saturated carbocycles. The lowest BCUT2D eigenvalue weighted by Crippen LogP contribution is -2.43. The normalized spacial score (nSPS) is 23.6. The molecule has 0 saturated heterocycles. The van der Waals surface area contributed by atoms with Gasteiger partial charge in [-0.25, -0.2) is 9.97 Å². The van der Waals surface area contributed by atoms with E-state index in [0.29, 0.717) is 17.9 Å². The molecule has 2 atom stereocenters. The van der Waals surface area contributed by atoms with Gasteiger partial charge in [-0.2, -0.15) is 0 Å². The van der Waals surface area contributed by atoms with E-state index in [0.717, 1.165) is 18.1 Å². The third-order valence-electron chi connectivity index (χ3n) is 4.30. The van der Waals surface area contributed by atoms with Crippen molar-refractivity contribution < 1.29 is 0 Å². The fourth-order valence-corrected chi connectivity index (χ4v) is 3.01. The molecule has 0 radical (unpaired) electrons. The Morgan fingerprint density at radius 1 is 1.32 bits per heavy atom. The molecule has 1 heterocycles. The maximum Gasteiger partial charge on any atom is 0.132 e. The number of hydrogen-bond donors (Lipinski definition) is 1. The fraction of sp³-hybridized carbons (Fsp3) is 0.733. The lowest BCUT2D eigenvalue weighted by Gasteiger charge is -2.38. The van der Waals surface area contributed by atoms with Crippen LogP contribution in [0.15, 0.2) is 12.4 Å². The van der Waals surface area contributed by atoms with Gasteiger partial charge in [0.15, 0.2) is 0 Å². The SMILES string of the molecule is CC(C)c1cc(N(C)C2CCCCC2CN)ncn1. The van der Waals surface area contributed by atoms with Crippen LogP contribution in [0, 0.1) is 5.92 Å². The van der Waals surface area contributed by atoms with E-state index in [1.165, 1.54) is 25.7 Å². The number of anilines is 1. The van der Waals surface area contributed by atoms with Crippen molar-refractivity contribution in [3.8, 4) is 0 Å². The van der Waals surface area contributed by atoms with E-state index in [-0.39, 0.29) is 0 Å². The van der Waals surface area contributed by atoms with E-state index in [1.807, 2.05) is 0 Å². The molecule has 0 aromatic carbocycles. The average Bonchev–Trinajstić information content (AvgIpc) is 2.46. The van der Waals surface area contributed by atoms with E-state index in [4.69, 9.17) is 5.73 Å². The van der Waals surface area contributed by atoms with Crippen molar-refractivity contribution in [1.29, 1.82) is 0 Å². The summed E-state index contributed by atoms with van der Waals surface area (Å²) in [5, 5.41) is 0. The molecule has 1 aromatic heterocycles. The minimum Gasteiger partial charge on any atom is -0.356 e. The Morgan fingerprint density at radius 2 is 2.05 bits per heavy atom. The van der Waals surface area contributed by atoms with Gasteiger partial charge in [0.2, 0.25) is 0 Å². The second-order valence-corrected chi connectivity index (χ2v) is 5.91. The van der Waals surface area contributed by atoms with E-state index >= 15 is 0 Å². The summed E-state index contributed by atoms with van der Waals surface area (Å²) in [7, 11) is 2.14. The highest BCUT2D eigenvalue weighted by molar-refractivity contribution is 5.40. The van der Waals surface area contributed by atoms with Gasteiger partial charge in [-0.3, -0.25) is 0 Å². The van der Waals surface area contributed by atoms with Crippen LogP contribution in [-0.4, -0.2) is 29.6 Å². The first kappa shape index (κ1) is 14.3. The summed E-state index contributed by atoms with van der Waals surface area (Å²) < 4.78 is 0. The van der Waals surface area contributed by atoms with E-state index in [2.05, 4.69) is 41.8 Å². The smallest absolute Gasteiger partial charge is 0.132 e. The minimum atomic E-state index is 0.437. The molecule has 2 rings (SSSR count). The van der Waals surface area contributed by atoms with E-state index in [9.17, 15) is 0 Å². The van der Waals surface area contributed by atoms with Gasteiger partial charge in [-0.15, -0.1) is 0 Å². The molecule has 19 heavy (non-hydrogen) atoms. The maximum absolute atomic E-state index is 5.93. The zero-order valence-corrected chi connectivity index (χ0v) is 12.3. The first-order valence-corrected chi connectivity index (χ1v) is 7.38. The molecule has 2 unspecified atom stereocenters. The zero-order valence-electron chi connectivity index (χ0n) is 12.3. The number of aromatic nitrogens is 2. The number of nitrogens with zero attached hydrogens (tertiary/aromatic N) is 3. The second-order valence-electron chi connectivity index (χ2n) is 5.91. The highest BCUT2D eigenvalue weighted by atomic mass is 15.2. The predicted molar refractivity (Wildman–Crippen MR) is 79.3 cm³/mol. The monoisotopic (exact) mass is 262 g/mol. The summed E-state index contributed by atoms with van der Waals surface area (Å²) in [4.78, 5) is 11.1.